The second-order valence-electron chi connectivity index (χ2n) is 4.21. The summed E-state index contributed by atoms with van der Waals surface area (Å²) in [6.07, 6.45) is 3.64. The lowest BCUT2D eigenvalue weighted by atomic mass is 9.89. The molecule has 0 atom stereocenters. The van der Waals surface area contributed by atoms with Gasteiger partial charge in [0.15, 0.2) is 0 Å². The fraction of sp³-hybridized carbons (Fsp3) is 0.400. The minimum absolute atomic E-state index is 1.06. The van der Waals surface area contributed by atoms with Gasteiger partial charge in [0.1, 0.15) is 0 Å². The average molecular weight is 245 g/mol. The van der Waals surface area contributed by atoms with Crippen molar-refractivity contribution in [3.63, 3.8) is 0 Å². The van der Waals surface area contributed by atoms with Crippen LogP contribution in [0.5, 0.6) is 0 Å². The molecule has 0 aromatic heterocycles. The lowest BCUT2D eigenvalue weighted by molar-refractivity contribution is 0.897. The standard InChI is InChI=1S/C15H19NS/c1-3-4-10-17-14-11-13(16-2)15(14)12-8-6-5-7-9-12/h5-9H,3-4,10-11H2,1-2H3. The zero-order chi connectivity index (χ0) is 12.1. The van der Waals surface area contributed by atoms with Crippen molar-refractivity contribution in [2.75, 3.05) is 12.8 Å². The van der Waals surface area contributed by atoms with E-state index in [1.54, 1.807) is 0 Å². The number of nitrogens with zero attached hydrogens (tertiary/aromatic N) is 1. The number of benzene rings is 1. The summed E-state index contributed by atoms with van der Waals surface area (Å²) in [6, 6.07) is 10.6. The Morgan fingerprint density at radius 2 is 2.00 bits per heavy atom. The Kier molecular flexibility index (Phi) is 4.43. The molecule has 0 fully saturated rings. The summed E-state index contributed by atoms with van der Waals surface area (Å²) in [7, 11) is 1.89. The average Bonchev–Trinajstić information content (AvgIpc) is 2.34. The third-order valence-corrected chi connectivity index (χ3v) is 4.19. The predicted octanol–water partition coefficient (Wildman–Crippen LogP) is 4.41. The van der Waals surface area contributed by atoms with E-state index in [0.717, 1.165) is 6.42 Å². The van der Waals surface area contributed by atoms with Crippen molar-refractivity contribution < 1.29 is 0 Å². The Bertz CT molecular complexity index is 431. The van der Waals surface area contributed by atoms with Gasteiger partial charge in [0.2, 0.25) is 0 Å². The van der Waals surface area contributed by atoms with Crippen LogP contribution in [0.3, 0.4) is 0 Å². The van der Waals surface area contributed by atoms with E-state index in [2.05, 4.69) is 42.2 Å². The van der Waals surface area contributed by atoms with E-state index in [-0.39, 0.29) is 0 Å². The molecule has 0 unspecified atom stereocenters. The topological polar surface area (TPSA) is 12.4 Å². The molecule has 90 valence electrons. The number of unbranched alkanes of at least 4 members (excludes halogenated alkanes) is 1. The maximum absolute atomic E-state index is 4.38. The third kappa shape index (κ3) is 2.81. The van der Waals surface area contributed by atoms with E-state index in [4.69, 9.17) is 0 Å². The largest absolute Gasteiger partial charge is 0.292 e. The molecule has 0 N–H and O–H groups in total. The summed E-state index contributed by atoms with van der Waals surface area (Å²) in [4.78, 5) is 5.89. The van der Waals surface area contributed by atoms with Gasteiger partial charge in [-0.15, -0.1) is 11.8 Å². The molecule has 2 rings (SSSR count). The normalized spacial score (nSPS) is 17.4. The van der Waals surface area contributed by atoms with Gasteiger partial charge in [-0.05, 0) is 17.7 Å². The molecule has 1 aromatic carbocycles. The minimum Gasteiger partial charge on any atom is -0.292 e. The highest BCUT2D eigenvalue weighted by Crippen LogP contribution is 2.40. The van der Waals surface area contributed by atoms with Gasteiger partial charge < -0.3 is 0 Å². The van der Waals surface area contributed by atoms with Gasteiger partial charge in [0, 0.05) is 29.7 Å². The number of hydrogen-bond donors (Lipinski definition) is 0. The van der Waals surface area contributed by atoms with Crippen molar-refractivity contribution in [3.05, 3.63) is 40.8 Å². The molecule has 0 aliphatic heterocycles. The van der Waals surface area contributed by atoms with Crippen molar-refractivity contribution >= 4 is 23.0 Å². The van der Waals surface area contributed by atoms with Gasteiger partial charge in [-0.2, -0.15) is 0 Å². The molecule has 0 saturated carbocycles. The molecule has 1 aliphatic carbocycles. The highest BCUT2D eigenvalue weighted by molar-refractivity contribution is 8.03. The maximum atomic E-state index is 4.38. The zero-order valence-corrected chi connectivity index (χ0v) is 11.4. The van der Waals surface area contributed by atoms with Crippen molar-refractivity contribution in [1.29, 1.82) is 0 Å². The quantitative estimate of drug-likeness (QED) is 0.700. The SMILES string of the molecule is CCCCSC1=C(c2ccccc2)C(=NC)C1. The van der Waals surface area contributed by atoms with Crippen molar-refractivity contribution in [1.82, 2.24) is 0 Å². The Labute approximate surface area is 108 Å². The smallest absolute Gasteiger partial charge is 0.0480 e. The molecule has 1 nitrogen and oxygen atoms in total. The Morgan fingerprint density at radius 1 is 1.24 bits per heavy atom. The van der Waals surface area contributed by atoms with Gasteiger partial charge in [-0.3, -0.25) is 4.99 Å². The van der Waals surface area contributed by atoms with E-state index in [9.17, 15) is 0 Å². The molecular weight excluding hydrogens is 226 g/mol. The molecule has 1 aliphatic rings. The Hall–Kier alpha value is -1.02. The lowest BCUT2D eigenvalue weighted by Crippen LogP contribution is -2.16. The molecule has 0 bridgehead atoms. The highest BCUT2D eigenvalue weighted by Gasteiger charge is 2.25. The number of rotatable bonds is 5. The number of aliphatic imine (C=N–C) groups is 1. The number of allylic oxidation sites excluding steroid dienone is 2. The van der Waals surface area contributed by atoms with Crippen LogP contribution >= 0.6 is 11.8 Å². The third-order valence-electron chi connectivity index (χ3n) is 3.00. The fourth-order valence-corrected chi connectivity index (χ4v) is 3.27. The second-order valence-corrected chi connectivity index (χ2v) is 5.40. The molecule has 0 amide bonds. The molecule has 0 spiro atoms. The minimum atomic E-state index is 1.06. The summed E-state index contributed by atoms with van der Waals surface area (Å²) in [5.41, 5.74) is 3.96. The monoisotopic (exact) mass is 245 g/mol. The molecular formula is C15H19NS. The van der Waals surface area contributed by atoms with Crippen molar-refractivity contribution in [2.45, 2.75) is 26.2 Å². The lowest BCUT2D eigenvalue weighted by Gasteiger charge is -2.26. The first-order valence-corrected chi connectivity index (χ1v) is 7.22. The first kappa shape index (κ1) is 12.4. The number of hydrogen-bond acceptors (Lipinski definition) is 2. The van der Waals surface area contributed by atoms with Gasteiger partial charge in [0.05, 0.1) is 0 Å². The highest BCUT2D eigenvalue weighted by atomic mass is 32.2. The van der Waals surface area contributed by atoms with Crippen molar-refractivity contribution in [3.8, 4) is 0 Å². The van der Waals surface area contributed by atoms with Crippen LogP contribution in [0.2, 0.25) is 0 Å². The van der Waals surface area contributed by atoms with Gasteiger partial charge in [-0.1, -0.05) is 43.7 Å². The molecule has 0 radical (unpaired) electrons. The molecule has 0 heterocycles. The van der Waals surface area contributed by atoms with Gasteiger partial charge >= 0.3 is 0 Å². The van der Waals surface area contributed by atoms with Crippen LogP contribution < -0.4 is 0 Å². The van der Waals surface area contributed by atoms with Crippen LogP contribution in [-0.4, -0.2) is 18.5 Å². The summed E-state index contributed by atoms with van der Waals surface area (Å²) in [5, 5.41) is 0. The predicted molar refractivity (Wildman–Crippen MR) is 78.7 cm³/mol. The molecule has 17 heavy (non-hydrogen) atoms. The summed E-state index contributed by atoms with van der Waals surface area (Å²) in [6.45, 7) is 2.24. The van der Waals surface area contributed by atoms with Crippen LogP contribution in [0.15, 0.2) is 40.2 Å². The van der Waals surface area contributed by atoms with E-state index in [1.807, 2.05) is 18.8 Å². The van der Waals surface area contributed by atoms with E-state index < -0.39 is 0 Å². The Morgan fingerprint density at radius 3 is 2.65 bits per heavy atom. The van der Waals surface area contributed by atoms with Crippen LogP contribution in [0.4, 0.5) is 0 Å². The van der Waals surface area contributed by atoms with Gasteiger partial charge in [-0.25, -0.2) is 0 Å². The first-order chi connectivity index (χ1) is 8.36. The van der Waals surface area contributed by atoms with Crippen LogP contribution in [0, 0.1) is 0 Å². The Balaban J connectivity index is 2.17. The van der Waals surface area contributed by atoms with E-state index in [1.165, 1.54) is 40.3 Å². The molecule has 1 aromatic rings. The van der Waals surface area contributed by atoms with Gasteiger partial charge in [0.25, 0.3) is 0 Å². The summed E-state index contributed by atoms with van der Waals surface area (Å²) in [5.74, 6) is 1.24. The molecule has 2 heteroatoms. The fourth-order valence-electron chi connectivity index (χ4n) is 1.97. The zero-order valence-electron chi connectivity index (χ0n) is 10.6. The molecule has 0 saturated heterocycles. The second kappa shape index (κ2) is 6.06. The number of thioether (sulfide) groups is 1. The van der Waals surface area contributed by atoms with Crippen LogP contribution in [0.1, 0.15) is 31.7 Å². The van der Waals surface area contributed by atoms with E-state index >= 15 is 0 Å². The van der Waals surface area contributed by atoms with Crippen LogP contribution in [0.25, 0.3) is 5.57 Å². The first-order valence-electron chi connectivity index (χ1n) is 6.24. The summed E-state index contributed by atoms with van der Waals surface area (Å²) >= 11 is 2.01. The summed E-state index contributed by atoms with van der Waals surface area (Å²) < 4.78 is 0. The van der Waals surface area contributed by atoms with Crippen LogP contribution in [-0.2, 0) is 0 Å². The van der Waals surface area contributed by atoms with Crippen molar-refractivity contribution in [2.24, 2.45) is 4.99 Å². The van der Waals surface area contributed by atoms with E-state index in [0.29, 0.717) is 0 Å². The maximum Gasteiger partial charge on any atom is 0.0480 e.